The van der Waals surface area contributed by atoms with Crippen molar-refractivity contribution < 1.29 is 46.0 Å². The molecule has 5 heterocycles. The van der Waals surface area contributed by atoms with Crippen molar-refractivity contribution >= 4 is 63.5 Å². The Balaban J connectivity index is 1.42. The summed E-state index contributed by atoms with van der Waals surface area (Å²) in [4.78, 5) is 56.5. The lowest BCUT2D eigenvalue weighted by molar-refractivity contribution is -0.118. The number of nitrogens with zero attached hydrogens (tertiary/aromatic N) is 6. The van der Waals surface area contributed by atoms with Gasteiger partial charge in [0.1, 0.15) is 30.5 Å². The average Bonchev–Trinajstić information content (AvgIpc) is 3.81. The minimum atomic E-state index is -4.76. The van der Waals surface area contributed by atoms with Crippen molar-refractivity contribution in [3.8, 4) is 6.07 Å². The first-order chi connectivity index (χ1) is 26.8. The molecular formula is C33H49N9O11P2SSi. The molecule has 20 nitrogen and oxygen atoms in total. The molecule has 2 aliphatic heterocycles. The normalized spacial score (nSPS) is 31.2. The predicted octanol–water partition coefficient (Wildman–Crippen LogP) is 4.75. The SMILES string of the molecule is CC(C)C(=O)Nc1nc2c(ncn2[C@@H]2OC3COP(=O)(O)O[C@H]4C[C@H](Nc5ccncn5)C[C@@H]4COP(=S)(OCCC#N)O[C@@H]2C3O[Si](C)(C)C(C)(C)C)c(=O)[nH]1. The van der Waals surface area contributed by atoms with Gasteiger partial charge in [0.2, 0.25) is 11.9 Å². The van der Waals surface area contributed by atoms with Crippen molar-refractivity contribution in [1.29, 1.82) is 5.26 Å². The fourth-order valence-electron chi connectivity index (χ4n) is 6.37. The van der Waals surface area contributed by atoms with Crippen molar-refractivity contribution in [1.82, 2.24) is 29.5 Å². The molecule has 6 rings (SSSR count). The Hall–Kier alpha value is -3.03. The number of rotatable bonds is 10. The van der Waals surface area contributed by atoms with E-state index in [-0.39, 0.29) is 53.7 Å². The number of ether oxygens (including phenoxy) is 1. The summed E-state index contributed by atoms with van der Waals surface area (Å²) in [5.41, 5.74) is -0.672. The van der Waals surface area contributed by atoms with Crippen LogP contribution in [0.25, 0.3) is 11.2 Å². The van der Waals surface area contributed by atoms with Crippen LogP contribution in [0.2, 0.25) is 18.1 Å². The number of nitrogens with one attached hydrogen (secondary N) is 3. The number of aromatic nitrogens is 6. The van der Waals surface area contributed by atoms with Crippen LogP contribution in [0.5, 0.6) is 0 Å². The monoisotopic (exact) mass is 869 g/mol. The summed E-state index contributed by atoms with van der Waals surface area (Å²) < 4.78 is 59.6. The highest BCUT2D eigenvalue weighted by atomic mass is 32.5. The van der Waals surface area contributed by atoms with Crippen LogP contribution in [-0.4, -0.2) is 98.9 Å². The Kier molecular flexibility index (Phi) is 13.2. The molecule has 3 aromatic heterocycles. The number of amides is 1. The van der Waals surface area contributed by atoms with Crippen LogP contribution < -0.4 is 16.2 Å². The van der Waals surface area contributed by atoms with E-state index in [0.29, 0.717) is 18.7 Å². The fourth-order valence-corrected chi connectivity index (χ4v) is 10.8. The number of anilines is 2. The third-order valence-corrected chi connectivity index (χ3v) is 18.2. The number of aromatic amines is 1. The number of carbonyl (C=O) groups is 1. The van der Waals surface area contributed by atoms with E-state index in [9.17, 15) is 24.3 Å². The summed E-state index contributed by atoms with van der Waals surface area (Å²) in [5, 5.41) is 15.0. The van der Waals surface area contributed by atoms with E-state index in [4.69, 9.17) is 43.6 Å². The predicted molar refractivity (Wildman–Crippen MR) is 212 cm³/mol. The highest BCUT2D eigenvalue weighted by molar-refractivity contribution is 8.07. The van der Waals surface area contributed by atoms with Gasteiger partial charge in [-0.1, -0.05) is 34.6 Å². The number of nitriles is 1. The fraction of sp³-hybridized carbons (Fsp3) is 0.667. The standard InChI is InChI=1S/C33H49N9O11P2SSi/c1-19(2)29(43)40-32-39-28-25(30(44)41-32)37-18-42(28)31-27-26(53-57(6,7)33(3,4)5)23(50-31)16-48-54(45,46)51-22-14-21(38-24-9-11-35-17-36-24)13-20(22)15-49-55(56,52-27)47-12-8-10-34/h9,11,17-23,26-27,31H,8,12-16H2,1-7H3,(H,45,46)(H,35,36,38)(H2,39,40,41,43,44)/t20-,21-,22+,23?,26?,27-,31-,55?/m1/s1. The molecule has 57 heavy (non-hydrogen) atoms. The molecule has 3 aliphatic rings. The lowest BCUT2D eigenvalue weighted by atomic mass is 10.1. The van der Waals surface area contributed by atoms with Crippen LogP contribution in [0.4, 0.5) is 11.8 Å². The number of imidazole rings is 1. The zero-order valence-electron chi connectivity index (χ0n) is 32.7. The van der Waals surface area contributed by atoms with E-state index in [1.165, 1.54) is 17.2 Å². The molecule has 4 unspecified atom stereocenters. The molecule has 3 aromatic rings. The number of fused-ring (bicyclic) bond motifs is 4. The van der Waals surface area contributed by atoms with Gasteiger partial charge in [-0.05, 0) is 48.8 Å². The number of phosphoric ester groups is 1. The molecule has 4 N–H and O–H groups in total. The summed E-state index contributed by atoms with van der Waals surface area (Å²) in [6.45, 7) is 9.01. The van der Waals surface area contributed by atoms with Crippen molar-refractivity contribution in [3.63, 3.8) is 0 Å². The zero-order chi connectivity index (χ0) is 41.3. The van der Waals surface area contributed by atoms with Crippen LogP contribution in [-0.2, 0) is 52.9 Å². The van der Waals surface area contributed by atoms with Crippen molar-refractivity contribution in [2.45, 2.75) is 109 Å². The Morgan fingerprint density at radius 2 is 1.98 bits per heavy atom. The third kappa shape index (κ3) is 10.2. The van der Waals surface area contributed by atoms with Gasteiger partial charge in [-0.25, -0.2) is 19.5 Å². The van der Waals surface area contributed by atoms with Crippen molar-refractivity contribution in [3.05, 3.63) is 35.3 Å². The van der Waals surface area contributed by atoms with Gasteiger partial charge in [0.15, 0.2) is 25.7 Å². The van der Waals surface area contributed by atoms with E-state index in [0.717, 1.165) is 0 Å². The zero-order valence-corrected chi connectivity index (χ0v) is 36.3. The maximum atomic E-state index is 13.7. The van der Waals surface area contributed by atoms with Crippen LogP contribution in [0.1, 0.15) is 60.1 Å². The number of H-pyrrole nitrogens is 1. The molecule has 1 aliphatic carbocycles. The van der Waals surface area contributed by atoms with Gasteiger partial charge in [0.25, 0.3) is 5.56 Å². The topological polar surface area (TPSA) is 256 Å². The van der Waals surface area contributed by atoms with Gasteiger partial charge in [-0.2, -0.15) is 10.2 Å². The first kappa shape index (κ1) is 43.5. The first-order valence-corrected chi connectivity index (χ1v) is 25.5. The lowest BCUT2D eigenvalue weighted by Crippen LogP contribution is -2.50. The highest BCUT2D eigenvalue weighted by Crippen LogP contribution is 2.58. The second-order valence-electron chi connectivity index (χ2n) is 15.9. The van der Waals surface area contributed by atoms with E-state index in [1.807, 2.05) is 39.9 Å². The minimum absolute atomic E-state index is 0.0203. The summed E-state index contributed by atoms with van der Waals surface area (Å²) in [6.07, 6.45) is -0.304. The Morgan fingerprint density at radius 3 is 2.67 bits per heavy atom. The molecule has 24 heteroatoms. The second kappa shape index (κ2) is 17.3. The maximum absolute atomic E-state index is 13.7. The van der Waals surface area contributed by atoms with Gasteiger partial charge in [0.05, 0.1) is 44.7 Å². The highest BCUT2D eigenvalue weighted by Gasteiger charge is 2.55. The van der Waals surface area contributed by atoms with E-state index < -0.39 is 77.5 Å². The molecule has 2 bridgehead atoms. The summed E-state index contributed by atoms with van der Waals surface area (Å²) in [7, 11) is -7.46. The molecule has 312 valence electrons. The quantitative estimate of drug-likeness (QED) is 0.122. The number of phosphoric acid groups is 1. The average molecular weight is 870 g/mol. The van der Waals surface area contributed by atoms with Gasteiger partial charge < -0.3 is 28.4 Å². The van der Waals surface area contributed by atoms with E-state index >= 15 is 0 Å². The largest absolute Gasteiger partial charge is 0.472 e. The molecule has 3 fully saturated rings. The molecule has 1 amide bonds. The Morgan fingerprint density at radius 1 is 1.21 bits per heavy atom. The van der Waals surface area contributed by atoms with E-state index in [1.54, 1.807) is 26.1 Å². The Bertz CT molecular complexity index is 2120. The second-order valence-corrected chi connectivity index (χ2v) is 25.0. The molecule has 9 atom stereocenters. The molecule has 0 aromatic carbocycles. The summed E-state index contributed by atoms with van der Waals surface area (Å²) >= 11 is 6.07. The maximum Gasteiger partial charge on any atom is 0.472 e. The van der Waals surface area contributed by atoms with Crippen LogP contribution in [0, 0.1) is 23.2 Å². The van der Waals surface area contributed by atoms with Crippen LogP contribution >= 0.6 is 14.5 Å². The van der Waals surface area contributed by atoms with Gasteiger partial charge >= 0.3 is 14.5 Å². The van der Waals surface area contributed by atoms with E-state index in [2.05, 4.69) is 35.6 Å². The molecule has 1 saturated carbocycles. The number of hydrogen-bond donors (Lipinski definition) is 4. The minimum Gasteiger partial charge on any atom is -0.408 e. The molecular weight excluding hydrogens is 821 g/mol. The van der Waals surface area contributed by atoms with Gasteiger partial charge in [0, 0.05) is 24.1 Å². The lowest BCUT2D eigenvalue weighted by Gasteiger charge is -2.41. The molecule has 0 radical (unpaired) electrons. The Labute approximate surface area is 335 Å². The third-order valence-electron chi connectivity index (χ3n) is 10.4. The summed E-state index contributed by atoms with van der Waals surface area (Å²) in [5.74, 6) is -0.843. The van der Waals surface area contributed by atoms with Crippen LogP contribution in [0.3, 0.4) is 0 Å². The molecule has 0 spiro atoms. The van der Waals surface area contributed by atoms with Crippen molar-refractivity contribution in [2.75, 3.05) is 30.5 Å². The van der Waals surface area contributed by atoms with Crippen LogP contribution in [0.15, 0.2) is 29.7 Å². The molecule has 2 saturated heterocycles. The van der Waals surface area contributed by atoms with Crippen molar-refractivity contribution in [2.24, 2.45) is 11.8 Å². The van der Waals surface area contributed by atoms with Gasteiger partial charge in [-0.3, -0.25) is 38.0 Å². The number of hydrogen-bond acceptors (Lipinski definition) is 17. The summed E-state index contributed by atoms with van der Waals surface area (Å²) in [6, 6.07) is 3.51. The smallest absolute Gasteiger partial charge is 0.408 e. The first-order valence-electron chi connectivity index (χ1n) is 18.5. The number of carbonyl (C=O) groups excluding carboxylic acids is 1. The van der Waals surface area contributed by atoms with Gasteiger partial charge in [-0.15, -0.1) is 0 Å².